The number of hydrogen-bond acceptors (Lipinski definition) is 2. The topological polar surface area (TPSA) is 33.1 Å². The molecule has 2 nitrogen and oxygen atoms in total. The third kappa shape index (κ3) is 2.28. The van der Waals surface area contributed by atoms with E-state index in [1.807, 2.05) is 0 Å². The highest BCUT2D eigenvalue weighted by Crippen LogP contribution is 2.31. The minimum atomic E-state index is -1.45. The average molecular weight is 256 g/mol. The van der Waals surface area contributed by atoms with E-state index in [0.29, 0.717) is 0 Å². The molecule has 2 rings (SSSR count). The molecule has 1 aromatic heterocycles. The van der Waals surface area contributed by atoms with Crippen molar-refractivity contribution in [2.24, 2.45) is 0 Å². The Hall–Kier alpha value is -1.52. The van der Waals surface area contributed by atoms with Crippen LogP contribution in [0, 0.1) is 11.6 Å². The van der Waals surface area contributed by atoms with Crippen molar-refractivity contribution in [2.45, 2.75) is 6.10 Å². The zero-order chi connectivity index (χ0) is 12.4. The first-order chi connectivity index (χ1) is 8.11. The molecule has 17 heavy (non-hydrogen) atoms. The van der Waals surface area contributed by atoms with E-state index in [0.717, 1.165) is 12.3 Å². The minimum absolute atomic E-state index is 0.0497. The molecule has 0 spiro atoms. The van der Waals surface area contributed by atoms with Gasteiger partial charge in [-0.1, -0.05) is 17.7 Å². The molecular formula is C12H8ClF2NO. The SMILES string of the molecule is OC(c1ccncc1F)c1c(F)cccc1Cl. The van der Waals surface area contributed by atoms with E-state index in [1.54, 1.807) is 0 Å². The first kappa shape index (κ1) is 12.0. The van der Waals surface area contributed by atoms with Crippen molar-refractivity contribution in [1.29, 1.82) is 0 Å². The summed E-state index contributed by atoms with van der Waals surface area (Å²) in [6.07, 6.45) is 0.815. The summed E-state index contributed by atoms with van der Waals surface area (Å²) in [5.41, 5.74) is -0.203. The third-order valence-corrected chi connectivity index (χ3v) is 2.70. The number of aliphatic hydroxyl groups is 1. The van der Waals surface area contributed by atoms with Crippen LogP contribution < -0.4 is 0 Å². The summed E-state index contributed by atoms with van der Waals surface area (Å²) in [6.45, 7) is 0. The molecule has 0 aliphatic rings. The predicted octanol–water partition coefficient (Wildman–Crippen LogP) is 3.09. The molecule has 1 N–H and O–H groups in total. The highest BCUT2D eigenvalue weighted by molar-refractivity contribution is 6.31. The zero-order valence-corrected chi connectivity index (χ0v) is 9.33. The van der Waals surface area contributed by atoms with E-state index < -0.39 is 17.7 Å². The van der Waals surface area contributed by atoms with Gasteiger partial charge in [0.15, 0.2) is 0 Å². The van der Waals surface area contributed by atoms with E-state index >= 15 is 0 Å². The van der Waals surface area contributed by atoms with Crippen molar-refractivity contribution in [1.82, 2.24) is 4.98 Å². The first-order valence-corrected chi connectivity index (χ1v) is 5.20. The molecule has 5 heteroatoms. The van der Waals surface area contributed by atoms with Crippen LogP contribution in [0.1, 0.15) is 17.2 Å². The molecule has 0 saturated carbocycles. The summed E-state index contributed by atoms with van der Waals surface area (Å²) in [6, 6.07) is 5.28. The molecule has 1 heterocycles. The molecule has 0 amide bonds. The summed E-state index contributed by atoms with van der Waals surface area (Å²) in [4.78, 5) is 3.55. The van der Waals surface area contributed by atoms with Gasteiger partial charge < -0.3 is 5.11 Å². The lowest BCUT2D eigenvalue weighted by Crippen LogP contribution is -2.06. The zero-order valence-electron chi connectivity index (χ0n) is 8.57. The summed E-state index contributed by atoms with van der Waals surface area (Å²) in [7, 11) is 0. The lowest BCUT2D eigenvalue weighted by atomic mass is 10.0. The van der Waals surface area contributed by atoms with Gasteiger partial charge in [0, 0.05) is 22.3 Å². The molecule has 0 saturated heterocycles. The molecule has 1 unspecified atom stereocenters. The first-order valence-electron chi connectivity index (χ1n) is 4.82. The van der Waals surface area contributed by atoms with Crippen molar-refractivity contribution in [3.63, 3.8) is 0 Å². The van der Waals surface area contributed by atoms with E-state index in [2.05, 4.69) is 4.98 Å². The van der Waals surface area contributed by atoms with Crippen molar-refractivity contribution < 1.29 is 13.9 Å². The minimum Gasteiger partial charge on any atom is -0.383 e. The van der Waals surface area contributed by atoms with E-state index in [9.17, 15) is 13.9 Å². The predicted molar refractivity (Wildman–Crippen MR) is 59.7 cm³/mol. The van der Waals surface area contributed by atoms with Crippen LogP contribution >= 0.6 is 11.6 Å². The normalized spacial score (nSPS) is 12.5. The quantitative estimate of drug-likeness (QED) is 0.895. The molecule has 88 valence electrons. The van der Waals surface area contributed by atoms with Gasteiger partial charge in [-0.2, -0.15) is 0 Å². The van der Waals surface area contributed by atoms with Gasteiger partial charge in [-0.15, -0.1) is 0 Å². The maximum atomic E-state index is 13.5. The summed E-state index contributed by atoms with van der Waals surface area (Å²) >= 11 is 5.79. The number of pyridine rings is 1. The molecule has 0 radical (unpaired) electrons. The average Bonchev–Trinajstić information content (AvgIpc) is 2.29. The van der Waals surface area contributed by atoms with Crippen molar-refractivity contribution >= 4 is 11.6 Å². The van der Waals surface area contributed by atoms with Gasteiger partial charge in [0.1, 0.15) is 17.7 Å². The molecule has 0 bridgehead atoms. The maximum absolute atomic E-state index is 13.5. The molecule has 2 aromatic rings. The third-order valence-electron chi connectivity index (χ3n) is 2.37. The van der Waals surface area contributed by atoms with Crippen LogP contribution in [-0.4, -0.2) is 10.1 Å². The Morgan fingerprint density at radius 2 is 1.94 bits per heavy atom. The number of aliphatic hydroxyl groups excluding tert-OH is 1. The van der Waals surface area contributed by atoms with Gasteiger partial charge in [-0.05, 0) is 18.2 Å². The highest BCUT2D eigenvalue weighted by atomic mass is 35.5. The highest BCUT2D eigenvalue weighted by Gasteiger charge is 2.21. The second kappa shape index (κ2) is 4.77. The molecule has 0 aliphatic carbocycles. The fourth-order valence-electron chi connectivity index (χ4n) is 1.54. The van der Waals surface area contributed by atoms with E-state index in [4.69, 9.17) is 11.6 Å². The molecule has 1 atom stereocenters. The summed E-state index contributed by atoms with van der Waals surface area (Å²) < 4.78 is 26.9. The number of aromatic nitrogens is 1. The maximum Gasteiger partial charge on any atom is 0.147 e. The number of hydrogen-bond donors (Lipinski definition) is 1. The van der Waals surface area contributed by atoms with Crippen LogP contribution in [0.4, 0.5) is 8.78 Å². The fraction of sp³-hybridized carbons (Fsp3) is 0.0833. The Morgan fingerprint density at radius 1 is 1.18 bits per heavy atom. The second-order valence-electron chi connectivity index (χ2n) is 3.44. The molecule has 0 aliphatic heterocycles. The van der Waals surface area contributed by atoms with Gasteiger partial charge >= 0.3 is 0 Å². The van der Waals surface area contributed by atoms with Gasteiger partial charge in [0.2, 0.25) is 0 Å². The number of rotatable bonds is 2. The lowest BCUT2D eigenvalue weighted by molar-refractivity contribution is 0.209. The van der Waals surface area contributed by atoms with Crippen molar-refractivity contribution in [3.05, 3.63) is 64.4 Å². The van der Waals surface area contributed by atoms with Crippen molar-refractivity contribution in [3.8, 4) is 0 Å². The second-order valence-corrected chi connectivity index (χ2v) is 3.84. The van der Waals surface area contributed by atoms with E-state index in [-0.39, 0.29) is 16.1 Å². The molecule has 0 fully saturated rings. The largest absolute Gasteiger partial charge is 0.383 e. The Morgan fingerprint density at radius 3 is 2.59 bits per heavy atom. The van der Waals surface area contributed by atoms with Gasteiger partial charge in [-0.3, -0.25) is 4.98 Å². The Labute approximate surface area is 102 Å². The molecule has 1 aromatic carbocycles. The Balaban J connectivity index is 2.51. The summed E-state index contributed by atoms with van der Waals surface area (Å²) in [5.74, 6) is -1.39. The van der Waals surface area contributed by atoms with Crippen molar-refractivity contribution in [2.75, 3.05) is 0 Å². The monoisotopic (exact) mass is 255 g/mol. The van der Waals surface area contributed by atoms with Gasteiger partial charge in [0.25, 0.3) is 0 Å². The van der Waals surface area contributed by atoms with Crippen LogP contribution in [0.25, 0.3) is 0 Å². The van der Waals surface area contributed by atoms with Crippen LogP contribution in [0.5, 0.6) is 0 Å². The van der Waals surface area contributed by atoms with E-state index in [1.165, 1.54) is 24.4 Å². The van der Waals surface area contributed by atoms with Gasteiger partial charge in [-0.25, -0.2) is 8.78 Å². The Kier molecular flexibility index (Phi) is 3.36. The summed E-state index contributed by atoms with van der Waals surface area (Å²) in [5, 5.41) is 9.99. The number of halogens is 3. The number of benzene rings is 1. The Bertz CT molecular complexity index is 528. The van der Waals surface area contributed by atoms with Crippen LogP contribution in [0.2, 0.25) is 5.02 Å². The fourth-order valence-corrected chi connectivity index (χ4v) is 1.80. The van der Waals surface area contributed by atoms with Crippen LogP contribution in [0.3, 0.4) is 0 Å². The van der Waals surface area contributed by atoms with Crippen LogP contribution in [-0.2, 0) is 0 Å². The lowest BCUT2D eigenvalue weighted by Gasteiger charge is -2.14. The van der Waals surface area contributed by atoms with Gasteiger partial charge in [0.05, 0.1) is 6.20 Å². The smallest absolute Gasteiger partial charge is 0.147 e. The number of nitrogens with zero attached hydrogens (tertiary/aromatic N) is 1. The standard InChI is InChI=1S/C12H8ClF2NO/c13-8-2-1-3-9(14)11(8)12(17)7-4-5-16-6-10(7)15/h1-6,12,17H. The molecular weight excluding hydrogens is 248 g/mol. The van der Waals surface area contributed by atoms with Crippen LogP contribution in [0.15, 0.2) is 36.7 Å².